The van der Waals surface area contributed by atoms with Gasteiger partial charge in [-0.25, -0.2) is 9.97 Å². The molecule has 0 aliphatic rings. The van der Waals surface area contributed by atoms with Crippen molar-refractivity contribution in [2.24, 2.45) is 0 Å². The Labute approximate surface area is 101 Å². The molecule has 4 nitrogen and oxygen atoms in total. The quantitative estimate of drug-likeness (QED) is 0.780. The predicted molar refractivity (Wildman–Crippen MR) is 65.8 cm³/mol. The fourth-order valence-corrected chi connectivity index (χ4v) is 1.64. The molecule has 0 spiro atoms. The molecule has 90 valence electrons. The van der Waals surface area contributed by atoms with E-state index in [-0.39, 0.29) is 0 Å². The molecule has 16 heavy (non-hydrogen) atoms. The lowest BCUT2D eigenvalue weighted by molar-refractivity contribution is 0.0636. The van der Waals surface area contributed by atoms with Crippen LogP contribution in [0, 0.1) is 6.92 Å². The van der Waals surface area contributed by atoms with Crippen molar-refractivity contribution in [2.45, 2.75) is 39.2 Å². The van der Waals surface area contributed by atoms with Crippen molar-refractivity contribution in [2.75, 3.05) is 11.9 Å². The zero-order valence-corrected chi connectivity index (χ0v) is 10.7. The van der Waals surface area contributed by atoms with E-state index in [4.69, 9.17) is 11.6 Å². The zero-order chi connectivity index (χ0) is 12.2. The Kier molecular flexibility index (Phi) is 4.50. The highest BCUT2D eigenvalue weighted by Gasteiger charge is 2.19. The Hall–Kier alpha value is -0.870. The molecular formula is C11H18ClN3O. The van der Waals surface area contributed by atoms with E-state index >= 15 is 0 Å². The predicted octanol–water partition coefficient (Wildman–Crippen LogP) is 2.40. The Morgan fingerprint density at radius 3 is 2.81 bits per heavy atom. The maximum absolute atomic E-state index is 10.00. The van der Waals surface area contributed by atoms with Gasteiger partial charge in [-0.15, -0.1) is 0 Å². The molecule has 0 fully saturated rings. The first-order valence-corrected chi connectivity index (χ1v) is 5.77. The molecule has 0 radical (unpaired) electrons. The summed E-state index contributed by atoms with van der Waals surface area (Å²) in [6, 6.07) is 0. The third-order valence-corrected chi connectivity index (χ3v) is 2.83. The van der Waals surface area contributed by atoms with Gasteiger partial charge < -0.3 is 10.4 Å². The summed E-state index contributed by atoms with van der Waals surface area (Å²) in [6.45, 7) is 6.15. The highest BCUT2D eigenvalue weighted by atomic mass is 35.5. The Balaban J connectivity index is 2.64. The van der Waals surface area contributed by atoms with Gasteiger partial charge >= 0.3 is 0 Å². The number of nitrogens with one attached hydrogen (secondary N) is 1. The van der Waals surface area contributed by atoms with Crippen molar-refractivity contribution < 1.29 is 5.11 Å². The third-order valence-electron chi connectivity index (χ3n) is 2.45. The van der Waals surface area contributed by atoms with E-state index < -0.39 is 5.60 Å². The summed E-state index contributed by atoms with van der Waals surface area (Å²) in [5.74, 6) is 0.677. The highest BCUT2D eigenvalue weighted by Crippen LogP contribution is 2.19. The summed E-state index contributed by atoms with van der Waals surface area (Å²) in [5, 5.41) is 13.5. The van der Waals surface area contributed by atoms with E-state index in [1.807, 2.05) is 20.8 Å². The molecule has 0 saturated heterocycles. The van der Waals surface area contributed by atoms with Crippen LogP contribution in [0.3, 0.4) is 0 Å². The average Bonchev–Trinajstić information content (AvgIpc) is 2.20. The SMILES string of the molecule is CCCC(C)(O)CNc1ncnc(Cl)c1C. The fraction of sp³-hybridized carbons (Fsp3) is 0.636. The van der Waals surface area contributed by atoms with Crippen molar-refractivity contribution >= 4 is 17.4 Å². The van der Waals surface area contributed by atoms with Crippen LogP contribution in [0.1, 0.15) is 32.3 Å². The van der Waals surface area contributed by atoms with Crippen LogP contribution in [0.5, 0.6) is 0 Å². The molecule has 1 aromatic rings. The number of rotatable bonds is 5. The largest absolute Gasteiger partial charge is 0.388 e. The summed E-state index contributed by atoms with van der Waals surface area (Å²) in [7, 11) is 0. The van der Waals surface area contributed by atoms with Gasteiger partial charge in [0, 0.05) is 12.1 Å². The minimum absolute atomic E-state index is 0.438. The number of nitrogens with zero attached hydrogens (tertiary/aromatic N) is 2. The van der Waals surface area contributed by atoms with Crippen LogP contribution < -0.4 is 5.32 Å². The first-order valence-electron chi connectivity index (χ1n) is 5.39. The molecule has 0 aliphatic carbocycles. The van der Waals surface area contributed by atoms with Crippen molar-refractivity contribution in [3.8, 4) is 0 Å². The van der Waals surface area contributed by atoms with Crippen molar-refractivity contribution in [3.63, 3.8) is 0 Å². The van der Waals surface area contributed by atoms with Gasteiger partial charge in [0.2, 0.25) is 0 Å². The molecule has 1 unspecified atom stereocenters. The van der Waals surface area contributed by atoms with Crippen LogP contribution in [-0.2, 0) is 0 Å². The minimum atomic E-state index is -0.724. The second kappa shape index (κ2) is 5.46. The van der Waals surface area contributed by atoms with Crippen molar-refractivity contribution in [1.29, 1.82) is 0 Å². The third kappa shape index (κ3) is 3.61. The monoisotopic (exact) mass is 243 g/mol. The number of aliphatic hydroxyl groups is 1. The first-order chi connectivity index (χ1) is 7.46. The zero-order valence-electron chi connectivity index (χ0n) is 9.92. The number of hydrogen-bond donors (Lipinski definition) is 2. The van der Waals surface area contributed by atoms with E-state index in [0.717, 1.165) is 18.4 Å². The molecule has 1 rings (SSSR count). The average molecular weight is 244 g/mol. The van der Waals surface area contributed by atoms with Gasteiger partial charge in [-0.1, -0.05) is 24.9 Å². The van der Waals surface area contributed by atoms with E-state index in [1.165, 1.54) is 6.33 Å². The highest BCUT2D eigenvalue weighted by molar-refractivity contribution is 6.30. The van der Waals surface area contributed by atoms with Gasteiger partial charge in [0.15, 0.2) is 0 Å². The standard InChI is InChI=1S/C11H18ClN3O/c1-4-5-11(3,16)6-13-10-8(2)9(12)14-7-15-10/h7,16H,4-6H2,1-3H3,(H,13,14,15). The van der Waals surface area contributed by atoms with Crippen molar-refractivity contribution in [1.82, 2.24) is 9.97 Å². The summed E-state index contributed by atoms with van der Waals surface area (Å²) >= 11 is 5.87. The van der Waals surface area contributed by atoms with Gasteiger partial charge in [-0.2, -0.15) is 0 Å². The molecule has 0 amide bonds. The second-order valence-corrected chi connectivity index (χ2v) is 4.60. The topological polar surface area (TPSA) is 58.0 Å². The molecule has 5 heteroatoms. The van der Waals surface area contributed by atoms with E-state index in [9.17, 15) is 5.11 Å². The molecule has 0 bridgehead atoms. The van der Waals surface area contributed by atoms with Gasteiger partial charge in [0.05, 0.1) is 5.60 Å². The second-order valence-electron chi connectivity index (χ2n) is 4.24. The molecule has 0 aromatic carbocycles. The van der Waals surface area contributed by atoms with Crippen LogP contribution in [0.4, 0.5) is 5.82 Å². The summed E-state index contributed by atoms with van der Waals surface area (Å²) in [4.78, 5) is 7.96. The minimum Gasteiger partial charge on any atom is -0.388 e. The Morgan fingerprint density at radius 1 is 1.50 bits per heavy atom. The number of aromatic nitrogens is 2. The van der Waals surface area contributed by atoms with Crippen LogP contribution in [0.25, 0.3) is 0 Å². The van der Waals surface area contributed by atoms with Gasteiger partial charge in [0.25, 0.3) is 0 Å². The van der Waals surface area contributed by atoms with Crippen LogP contribution >= 0.6 is 11.6 Å². The maximum atomic E-state index is 10.00. The van der Waals surface area contributed by atoms with Gasteiger partial charge in [-0.05, 0) is 20.3 Å². The van der Waals surface area contributed by atoms with E-state index in [0.29, 0.717) is 17.5 Å². The van der Waals surface area contributed by atoms with Crippen LogP contribution in [0.15, 0.2) is 6.33 Å². The maximum Gasteiger partial charge on any atom is 0.137 e. The molecule has 1 aromatic heterocycles. The van der Waals surface area contributed by atoms with Crippen LogP contribution in [-0.4, -0.2) is 27.2 Å². The number of halogens is 1. The normalized spacial score (nSPS) is 14.6. The summed E-state index contributed by atoms with van der Waals surface area (Å²) in [5.41, 5.74) is 0.0787. The van der Waals surface area contributed by atoms with Gasteiger partial charge in [-0.3, -0.25) is 0 Å². The van der Waals surface area contributed by atoms with Crippen LogP contribution in [0.2, 0.25) is 5.15 Å². The molecule has 0 aliphatic heterocycles. The number of anilines is 1. The van der Waals surface area contributed by atoms with E-state index in [2.05, 4.69) is 15.3 Å². The molecule has 2 N–H and O–H groups in total. The fourth-order valence-electron chi connectivity index (χ4n) is 1.51. The summed E-state index contributed by atoms with van der Waals surface area (Å²) < 4.78 is 0. The lowest BCUT2D eigenvalue weighted by atomic mass is 10.0. The smallest absolute Gasteiger partial charge is 0.137 e. The Bertz CT molecular complexity index is 355. The van der Waals surface area contributed by atoms with Gasteiger partial charge in [0.1, 0.15) is 17.3 Å². The number of hydrogen-bond acceptors (Lipinski definition) is 4. The Morgan fingerprint density at radius 2 is 2.19 bits per heavy atom. The summed E-state index contributed by atoms with van der Waals surface area (Å²) in [6.07, 6.45) is 3.10. The molecule has 1 heterocycles. The molecular weight excluding hydrogens is 226 g/mol. The van der Waals surface area contributed by atoms with E-state index in [1.54, 1.807) is 0 Å². The molecule has 1 atom stereocenters. The lowest BCUT2D eigenvalue weighted by Gasteiger charge is -2.23. The lowest BCUT2D eigenvalue weighted by Crippen LogP contribution is -2.33. The molecule has 0 saturated carbocycles. The first kappa shape index (κ1) is 13.2. The van der Waals surface area contributed by atoms with Crippen molar-refractivity contribution in [3.05, 3.63) is 17.0 Å².